The molecule has 1 radical (unpaired) electrons. The summed E-state index contributed by atoms with van der Waals surface area (Å²) >= 11 is 1.81. The quantitative estimate of drug-likeness (QED) is 0.127. The molecule has 249 valence electrons. The number of benzene rings is 4. The van der Waals surface area contributed by atoms with Crippen molar-refractivity contribution >= 4 is 44.8 Å². The summed E-state index contributed by atoms with van der Waals surface area (Å²) in [5.41, 5.74) is 7.50. The van der Waals surface area contributed by atoms with Crippen molar-refractivity contribution in [2.24, 2.45) is 0 Å². The van der Waals surface area contributed by atoms with Crippen molar-refractivity contribution in [3.05, 3.63) is 139 Å². The average Bonchev–Trinajstić information content (AvgIpc) is 3.53. The van der Waals surface area contributed by atoms with Crippen LogP contribution < -0.4 is 5.19 Å². The van der Waals surface area contributed by atoms with Crippen molar-refractivity contribution in [3.8, 4) is 33.6 Å². The molecule has 1 fully saturated rings. The Morgan fingerprint density at radius 3 is 2.35 bits per heavy atom. The Bertz CT molecular complexity index is 2250. The van der Waals surface area contributed by atoms with E-state index in [0.29, 0.717) is 5.56 Å². The van der Waals surface area contributed by atoms with E-state index in [2.05, 4.69) is 103 Å². The van der Waals surface area contributed by atoms with Crippen molar-refractivity contribution in [2.75, 3.05) is 0 Å². The predicted octanol–water partition coefficient (Wildman–Crippen LogP) is 12.0. The number of nitrogens with zero attached hydrogens (tertiary/aromatic N) is 2. The smallest absolute Gasteiger partial charge is 0.0795 e. The van der Waals surface area contributed by atoms with Crippen LogP contribution >= 0.6 is 11.3 Å². The first kappa shape index (κ1) is 30.1. The van der Waals surface area contributed by atoms with E-state index in [4.69, 9.17) is 10.5 Å². The van der Waals surface area contributed by atoms with Gasteiger partial charge in [-0.05, 0) is 68.7 Å². The van der Waals surface area contributed by atoms with Crippen molar-refractivity contribution < 1.29 is 25.6 Å². The standard InChI is InChI=1S/C29H24NS.C15H18NSi.Ir/c1-3-8-20(9-4-1)22-14-15-24-25-12-7-13-26(29(25)31-28(24)19-22)27-18-23(16-17-30-27)21-10-5-2-6-11-21;1-12-5-7-13(8-6-12)15-10-9-14(11-16-15)17(2,3)4;/h1,3-4,7-9,12,14-19,21H,2,5-6,10-11H2;5-7,9-11H,1-4H3;/q2*-1;/i21D;1D3;. The Labute approximate surface area is 315 Å². The second-order valence-electron chi connectivity index (χ2n) is 13.5. The third kappa shape index (κ3) is 8.03. The van der Waals surface area contributed by atoms with E-state index in [1.807, 2.05) is 41.9 Å². The van der Waals surface area contributed by atoms with Gasteiger partial charge in [0.1, 0.15) is 0 Å². The van der Waals surface area contributed by atoms with Gasteiger partial charge in [0.15, 0.2) is 0 Å². The molecule has 1 saturated carbocycles. The molecule has 1 aliphatic carbocycles. The molecule has 0 atom stereocenters. The van der Waals surface area contributed by atoms with Gasteiger partial charge in [-0.2, -0.15) is 11.3 Å². The summed E-state index contributed by atoms with van der Waals surface area (Å²) in [4.78, 5) is 9.18. The summed E-state index contributed by atoms with van der Waals surface area (Å²) in [7, 11) is -1.34. The Kier molecular flexibility index (Phi) is 9.49. The maximum Gasteiger partial charge on any atom is 0.0795 e. The zero-order valence-corrected chi connectivity index (χ0v) is 32.4. The van der Waals surface area contributed by atoms with Gasteiger partial charge >= 0.3 is 0 Å². The van der Waals surface area contributed by atoms with Crippen LogP contribution in [0.1, 0.15) is 54.6 Å². The number of aryl methyl sites for hydroxylation is 1. The number of hydrogen-bond donors (Lipinski definition) is 0. The van der Waals surface area contributed by atoms with E-state index in [9.17, 15) is 0 Å². The molecule has 5 heteroatoms. The van der Waals surface area contributed by atoms with E-state index in [1.54, 1.807) is 12.1 Å². The molecule has 0 spiro atoms. The largest absolute Gasteiger partial charge is 0.305 e. The minimum absolute atomic E-state index is 0. The third-order valence-corrected chi connectivity index (χ3v) is 12.4. The number of fused-ring (bicyclic) bond motifs is 3. The van der Waals surface area contributed by atoms with Gasteiger partial charge < -0.3 is 9.97 Å². The third-order valence-electron chi connectivity index (χ3n) is 9.14. The van der Waals surface area contributed by atoms with Crippen LogP contribution in [0.3, 0.4) is 0 Å². The van der Waals surface area contributed by atoms with Crippen LogP contribution in [0.15, 0.2) is 116 Å². The molecule has 2 nitrogen and oxygen atoms in total. The molecule has 0 N–H and O–H groups in total. The summed E-state index contributed by atoms with van der Waals surface area (Å²) in [5, 5.41) is 3.84. The van der Waals surface area contributed by atoms with Gasteiger partial charge in [-0.15, -0.1) is 59.2 Å². The molecular formula is C44H42IrN2SSi-2. The predicted molar refractivity (Wildman–Crippen MR) is 209 cm³/mol. The fraction of sp³-hybridized carbons (Fsp3) is 0.227. The van der Waals surface area contributed by atoms with Gasteiger partial charge in [0.25, 0.3) is 0 Å². The molecule has 0 bridgehead atoms. The van der Waals surface area contributed by atoms with Gasteiger partial charge in [0, 0.05) is 42.7 Å². The summed E-state index contributed by atoms with van der Waals surface area (Å²) < 4.78 is 33.6. The van der Waals surface area contributed by atoms with E-state index in [1.165, 1.54) is 49.0 Å². The van der Waals surface area contributed by atoms with Gasteiger partial charge in [-0.3, -0.25) is 0 Å². The second kappa shape index (κ2) is 15.4. The molecule has 8 rings (SSSR count). The van der Waals surface area contributed by atoms with E-state index < -0.39 is 20.8 Å². The zero-order chi connectivity index (χ0) is 36.5. The molecule has 4 aromatic carbocycles. The molecule has 49 heavy (non-hydrogen) atoms. The first-order chi connectivity index (χ1) is 24.9. The van der Waals surface area contributed by atoms with Gasteiger partial charge in [0.2, 0.25) is 0 Å². The van der Waals surface area contributed by atoms with Crippen molar-refractivity contribution in [1.82, 2.24) is 9.97 Å². The molecule has 0 aliphatic heterocycles. The molecular weight excluding hydrogens is 809 g/mol. The Balaban J connectivity index is 0.000000199. The number of thiophene rings is 1. The Hall–Kier alpha value is -3.73. The second-order valence-corrected chi connectivity index (χ2v) is 19.7. The Morgan fingerprint density at radius 2 is 1.63 bits per heavy atom. The van der Waals surface area contributed by atoms with Crippen molar-refractivity contribution in [3.63, 3.8) is 0 Å². The first-order valence-electron chi connectivity index (χ1n) is 18.8. The number of aromatic nitrogens is 2. The minimum Gasteiger partial charge on any atom is -0.305 e. The van der Waals surface area contributed by atoms with E-state index >= 15 is 0 Å². The number of hydrogen-bond acceptors (Lipinski definition) is 3. The fourth-order valence-electron chi connectivity index (χ4n) is 6.38. The minimum atomic E-state index is -2.08. The SMILES string of the molecule is [2H]C([2H])([2H])c1c[c-]c(-c2ccc([Si](C)(C)C)cn2)cc1.[2H]C1(c2ccnc(-c3[c-]ccc4c3sc3cc(-c5ccccc5)ccc34)c2)CCCCC1.[Ir]. The molecule has 0 amide bonds. The summed E-state index contributed by atoms with van der Waals surface area (Å²) in [5.74, 6) is -0.478. The van der Waals surface area contributed by atoms with Crippen molar-refractivity contribution in [1.29, 1.82) is 0 Å². The van der Waals surface area contributed by atoms with E-state index in [-0.39, 0.29) is 20.1 Å². The van der Waals surface area contributed by atoms with Crippen molar-refractivity contribution in [2.45, 2.75) is 64.5 Å². The maximum atomic E-state index is 9.04. The van der Waals surface area contributed by atoms with Gasteiger partial charge in [-0.1, -0.05) is 117 Å². The normalized spacial score (nSPS) is 15.6. The first-order valence-corrected chi connectivity index (χ1v) is 21.1. The van der Waals surface area contributed by atoms with Crippen LogP contribution in [0.4, 0.5) is 0 Å². The number of pyridine rings is 2. The molecule has 3 aromatic heterocycles. The molecule has 0 unspecified atom stereocenters. The van der Waals surface area contributed by atoms with Crippen LogP contribution in [-0.2, 0) is 20.1 Å². The molecule has 3 heterocycles. The Morgan fingerprint density at radius 1 is 0.796 bits per heavy atom. The fourth-order valence-corrected chi connectivity index (χ4v) is 8.66. The van der Waals surface area contributed by atoms with Crippen LogP contribution in [0.5, 0.6) is 0 Å². The van der Waals surface area contributed by atoms with E-state index in [0.717, 1.165) is 53.8 Å². The topological polar surface area (TPSA) is 25.8 Å². The van der Waals surface area contributed by atoms with Gasteiger partial charge in [0.05, 0.1) is 8.07 Å². The summed E-state index contributed by atoms with van der Waals surface area (Å²) in [6.45, 7) is 4.76. The monoisotopic (exact) mass is 855 g/mol. The molecule has 0 saturated heterocycles. The summed E-state index contributed by atoms with van der Waals surface area (Å²) in [6.07, 6.45) is 9.21. The summed E-state index contributed by atoms with van der Waals surface area (Å²) in [6, 6.07) is 41.1. The van der Waals surface area contributed by atoms with Crippen LogP contribution in [-0.4, -0.2) is 18.0 Å². The molecule has 7 aromatic rings. The zero-order valence-electron chi connectivity index (χ0n) is 32.1. The van der Waals surface area contributed by atoms with Crippen LogP contribution in [0.2, 0.25) is 19.6 Å². The van der Waals surface area contributed by atoms with Crippen LogP contribution in [0.25, 0.3) is 53.8 Å². The maximum absolute atomic E-state index is 9.04. The van der Waals surface area contributed by atoms with Gasteiger partial charge in [-0.25, -0.2) is 0 Å². The molecule has 1 aliphatic rings. The van der Waals surface area contributed by atoms with Crippen LogP contribution in [0, 0.1) is 19.0 Å². The number of rotatable bonds is 5. The average molecular weight is 855 g/mol.